The predicted octanol–water partition coefficient (Wildman–Crippen LogP) is -1.04. The van der Waals surface area contributed by atoms with Crippen LogP contribution in [0.2, 0.25) is 0 Å². The van der Waals surface area contributed by atoms with Crippen molar-refractivity contribution in [3.05, 3.63) is 12.7 Å². The second kappa shape index (κ2) is 4.87. The first-order valence-corrected chi connectivity index (χ1v) is 3.44. The lowest BCUT2D eigenvalue weighted by atomic mass is 10.5. The van der Waals surface area contributed by atoms with Gasteiger partial charge >= 0.3 is 11.9 Å². The summed E-state index contributed by atoms with van der Waals surface area (Å²) in [4.78, 5) is 10.7. The second-order valence-corrected chi connectivity index (χ2v) is 2.33. The molecular weight excluding hydrogens is 162 g/mol. The summed E-state index contributed by atoms with van der Waals surface area (Å²) in [7, 11) is 0. The van der Waals surface area contributed by atoms with Crippen molar-refractivity contribution in [3.8, 4) is 0 Å². The Labute approximate surface area is 70.7 Å². The highest BCUT2D eigenvalue weighted by Crippen LogP contribution is 1.98. The van der Waals surface area contributed by atoms with Crippen molar-refractivity contribution in [3.63, 3.8) is 0 Å². The average molecular weight is 175 g/mol. The number of carbonyl (C=O) groups is 1. The van der Waals surface area contributed by atoms with Gasteiger partial charge in [-0.05, 0) is 0 Å². The van der Waals surface area contributed by atoms with Crippen LogP contribution in [0.25, 0.3) is 0 Å². The summed E-state index contributed by atoms with van der Waals surface area (Å²) in [5, 5.41) is 19.9. The molecular formula is C7H13NO4. The highest BCUT2D eigenvalue weighted by molar-refractivity contribution is 5.71. The molecule has 0 saturated heterocycles. The van der Waals surface area contributed by atoms with Crippen LogP contribution in [-0.4, -0.2) is 35.2 Å². The minimum Gasteiger partial charge on any atom is -0.407 e. The average Bonchev–Trinajstić information content (AvgIpc) is 1.84. The molecule has 0 atom stereocenters. The van der Waals surface area contributed by atoms with E-state index in [9.17, 15) is 4.79 Å². The lowest BCUT2D eigenvalue weighted by Crippen LogP contribution is -2.35. The third-order valence-corrected chi connectivity index (χ3v) is 0.865. The third kappa shape index (κ3) is 7.20. The van der Waals surface area contributed by atoms with Crippen molar-refractivity contribution in [2.24, 2.45) is 0 Å². The molecule has 5 nitrogen and oxygen atoms in total. The van der Waals surface area contributed by atoms with E-state index >= 15 is 0 Å². The highest BCUT2D eigenvalue weighted by atomic mass is 16.8. The summed E-state index contributed by atoms with van der Waals surface area (Å²) in [5.41, 5.74) is 0. The van der Waals surface area contributed by atoms with Crippen LogP contribution in [0.15, 0.2) is 12.7 Å². The molecule has 0 saturated carbocycles. The molecule has 0 spiro atoms. The first-order chi connectivity index (χ1) is 5.45. The lowest BCUT2D eigenvalue weighted by molar-refractivity contribution is -0.306. The van der Waals surface area contributed by atoms with Crippen molar-refractivity contribution < 1.29 is 19.7 Å². The predicted molar refractivity (Wildman–Crippen MR) is 42.0 cm³/mol. The number of carbonyl (C=O) groups excluding carboxylic acids is 1. The molecule has 12 heavy (non-hydrogen) atoms. The zero-order valence-electron chi connectivity index (χ0n) is 6.91. The van der Waals surface area contributed by atoms with E-state index < -0.39 is 11.9 Å². The zero-order valence-corrected chi connectivity index (χ0v) is 6.91. The first kappa shape index (κ1) is 11.1. The van der Waals surface area contributed by atoms with Gasteiger partial charge in [0.05, 0.1) is 6.54 Å². The van der Waals surface area contributed by atoms with Crippen molar-refractivity contribution in [1.82, 2.24) is 5.32 Å². The maximum absolute atomic E-state index is 10.7. The maximum Gasteiger partial charge on any atom is 0.324 e. The number of esters is 1. The van der Waals surface area contributed by atoms with Gasteiger partial charge in [-0.1, -0.05) is 6.08 Å². The standard InChI is InChI=1S/C7H13NO4/c1-3-4-8-5-6(9)12-7(2,10)11/h3,8,10-11H,1,4-5H2,2H3. The van der Waals surface area contributed by atoms with Gasteiger partial charge in [0.1, 0.15) is 0 Å². The van der Waals surface area contributed by atoms with Crippen LogP contribution in [0.1, 0.15) is 6.92 Å². The Morgan fingerprint density at radius 3 is 2.75 bits per heavy atom. The normalized spacial score (nSPS) is 10.9. The fraction of sp³-hybridized carbons (Fsp3) is 0.571. The number of ether oxygens (including phenoxy) is 1. The van der Waals surface area contributed by atoms with E-state index in [2.05, 4.69) is 16.6 Å². The van der Waals surface area contributed by atoms with Crippen LogP contribution in [0.4, 0.5) is 0 Å². The lowest BCUT2D eigenvalue weighted by Gasteiger charge is -2.15. The van der Waals surface area contributed by atoms with E-state index in [0.717, 1.165) is 6.92 Å². The highest BCUT2D eigenvalue weighted by Gasteiger charge is 2.20. The largest absolute Gasteiger partial charge is 0.407 e. The molecule has 0 aliphatic rings. The van der Waals surface area contributed by atoms with Crippen LogP contribution in [-0.2, 0) is 9.53 Å². The van der Waals surface area contributed by atoms with E-state index in [0.29, 0.717) is 6.54 Å². The molecule has 0 aromatic heterocycles. The Morgan fingerprint density at radius 2 is 2.33 bits per heavy atom. The SMILES string of the molecule is C=CCNCC(=O)OC(C)(O)O. The summed E-state index contributed by atoms with van der Waals surface area (Å²) < 4.78 is 4.16. The zero-order chi connectivity index (χ0) is 9.61. The first-order valence-electron chi connectivity index (χ1n) is 3.44. The molecule has 0 fully saturated rings. The minimum atomic E-state index is -2.40. The molecule has 0 rings (SSSR count). The van der Waals surface area contributed by atoms with Crippen molar-refractivity contribution in [1.29, 1.82) is 0 Å². The van der Waals surface area contributed by atoms with Gasteiger partial charge in [-0.15, -0.1) is 6.58 Å². The van der Waals surface area contributed by atoms with Crippen molar-refractivity contribution in [2.75, 3.05) is 13.1 Å². The maximum atomic E-state index is 10.7. The summed E-state index contributed by atoms with van der Waals surface area (Å²) in [5.74, 6) is -3.13. The van der Waals surface area contributed by atoms with Gasteiger partial charge < -0.3 is 20.3 Å². The summed E-state index contributed by atoms with van der Waals surface area (Å²) >= 11 is 0. The van der Waals surface area contributed by atoms with Crippen molar-refractivity contribution >= 4 is 5.97 Å². The van der Waals surface area contributed by atoms with Crippen LogP contribution in [0, 0.1) is 0 Å². The van der Waals surface area contributed by atoms with E-state index in [4.69, 9.17) is 10.2 Å². The van der Waals surface area contributed by atoms with E-state index in [1.54, 1.807) is 6.08 Å². The topological polar surface area (TPSA) is 78.8 Å². The molecule has 0 aromatic carbocycles. The minimum absolute atomic E-state index is 0.0806. The molecule has 0 heterocycles. The van der Waals surface area contributed by atoms with E-state index in [1.807, 2.05) is 0 Å². The molecule has 0 aliphatic carbocycles. The van der Waals surface area contributed by atoms with Gasteiger partial charge in [-0.3, -0.25) is 4.79 Å². The van der Waals surface area contributed by atoms with Crippen LogP contribution in [0.5, 0.6) is 0 Å². The Balaban J connectivity index is 3.53. The molecule has 3 N–H and O–H groups in total. The number of hydrogen-bond donors (Lipinski definition) is 3. The quantitative estimate of drug-likeness (QED) is 0.215. The van der Waals surface area contributed by atoms with Gasteiger partial charge in [0.2, 0.25) is 0 Å². The fourth-order valence-electron chi connectivity index (χ4n) is 0.528. The second-order valence-electron chi connectivity index (χ2n) is 2.33. The Morgan fingerprint density at radius 1 is 1.75 bits per heavy atom. The number of aliphatic hydroxyl groups is 2. The summed E-state index contributed by atoms with van der Waals surface area (Å²) in [6.07, 6.45) is 1.57. The summed E-state index contributed by atoms with van der Waals surface area (Å²) in [6.45, 7) is 4.76. The monoisotopic (exact) mass is 175 g/mol. The van der Waals surface area contributed by atoms with Crippen LogP contribution in [0.3, 0.4) is 0 Å². The van der Waals surface area contributed by atoms with Gasteiger partial charge in [0.25, 0.3) is 0 Å². The molecule has 5 heteroatoms. The third-order valence-electron chi connectivity index (χ3n) is 0.865. The van der Waals surface area contributed by atoms with Gasteiger partial charge in [0.15, 0.2) is 0 Å². The van der Waals surface area contributed by atoms with Gasteiger partial charge in [-0.2, -0.15) is 0 Å². The molecule has 70 valence electrons. The smallest absolute Gasteiger partial charge is 0.324 e. The molecule has 0 unspecified atom stereocenters. The van der Waals surface area contributed by atoms with Crippen LogP contribution < -0.4 is 5.32 Å². The van der Waals surface area contributed by atoms with Crippen molar-refractivity contribution in [2.45, 2.75) is 12.9 Å². The molecule has 0 amide bonds. The van der Waals surface area contributed by atoms with Gasteiger partial charge in [-0.25, -0.2) is 0 Å². The number of rotatable bonds is 5. The number of hydrogen-bond acceptors (Lipinski definition) is 5. The van der Waals surface area contributed by atoms with Crippen LogP contribution >= 0.6 is 0 Å². The molecule has 0 bridgehead atoms. The number of nitrogens with one attached hydrogen (secondary N) is 1. The summed E-state index contributed by atoms with van der Waals surface area (Å²) in [6, 6.07) is 0. The fourth-order valence-corrected chi connectivity index (χ4v) is 0.528. The molecule has 0 aromatic rings. The molecule has 0 aliphatic heterocycles. The Hall–Kier alpha value is -0.910. The van der Waals surface area contributed by atoms with Gasteiger partial charge in [0, 0.05) is 13.5 Å². The Bertz CT molecular complexity index is 161. The molecule has 0 radical (unpaired) electrons. The van der Waals surface area contributed by atoms with E-state index in [-0.39, 0.29) is 6.54 Å². The Kier molecular flexibility index (Phi) is 4.50. The van der Waals surface area contributed by atoms with E-state index in [1.165, 1.54) is 0 Å².